The predicted molar refractivity (Wildman–Crippen MR) is 73.2 cm³/mol. The summed E-state index contributed by atoms with van der Waals surface area (Å²) in [6.07, 6.45) is 3.44. The molecule has 3 N–H and O–H groups in total. The largest absolute Gasteiger partial charge is 0.313 e. The van der Waals surface area contributed by atoms with Crippen molar-refractivity contribution in [1.82, 2.24) is 20.2 Å². The Balaban J connectivity index is 2.09. The van der Waals surface area contributed by atoms with Crippen LogP contribution in [0.1, 0.15) is 37.4 Å². The van der Waals surface area contributed by atoms with Crippen LogP contribution < -0.4 is 10.0 Å². The van der Waals surface area contributed by atoms with E-state index in [1.165, 1.54) is 6.42 Å². The Hall–Kier alpha value is -0.920. The fourth-order valence-corrected chi connectivity index (χ4v) is 3.41. The van der Waals surface area contributed by atoms with Gasteiger partial charge in [-0.1, -0.05) is 13.3 Å². The van der Waals surface area contributed by atoms with Crippen molar-refractivity contribution in [1.29, 1.82) is 0 Å². The van der Waals surface area contributed by atoms with Gasteiger partial charge in [-0.2, -0.15) is 5.10 Å². The zero-order chi connectivity index (χ0) is 13.9. The fraction of sp³-hybridized carbons (Fsp3) is 0.750. The van der Waals surface area contributed by atoms with Crippen LogP contribution >= 0.6 is 0 Å². The number of nitrogens with one attached hydrogen (secondary N) is 3. The van der Waals surface area contributed by atoms with Gasteiger partial charge in [-0.15, -0.1) is 0 Å². The van der Waals surface area contributed by atoms with E-state index in [4.69, 9.17) is 0 Å². The first-order chi connectivity index (χ1) is 9.04. The van der Waals surface area contributed by atoms with Crippen LogP contribution in [0.3, 0.4) is 0 Å². The van der Waals surface area contributed by atoms with Crippen LogP contribution in [0.25, 0.3) is 0 Å². The second-order valence-electron chi connectivity index (χ2n) is 5.06. The van der Waals surface area contributed by atoms with E-state index in [1.54, 1.807) is 0 Å². The molecule has 0 bridgehead atoms. The van der Waals surface area contributed by atoms with E-state index in [1.807, 2.05) is 13.8 Å². The van der Waals surface area contributed by atoms with Gasteiger partial charge in [0.25, 0.3) is 10.0 Å². The lowest BCUT2D eigenvalue weighted by atomic mass is 9.86. The van der Waals surface area contributed by atoms with Gasteiger partial charge in [0.05, 0.1) is 0 Å². The van der Waals surface area contributed by atoms with E-state index in [2.05, 4.69) is 20.2 Å². The summed E-state index contributed by atoms with van der Waals surface area (Å²) in [5, 5.41) is 9.97. The molecular formula is C12H22N4O2S. The fourth-order valence-electron chi connectivity index (χ4n) is 2.10. The third-order valence-electron chi connectivity index (χ3n) is 3.63. The second-order valence-corrected chi connectivity index (χ2v) is 6.74. The quantitative estimate of drug-likeness (QED) is 0.695. The molecule has 1 saturated carbocycles. The van der Waals surface area contributed by atoms with Crippen LogP contribution in [-0.4, -0.2) is 31.7 Å². The van der Waals surface area contributed by atoms with E-state index < -0.39 is 10.0 Å². The van der Waals surface area contributed by atoms with Crippen molar-refractivity contribution in [3.8, 4) is 0 Å². The van der Waals surface area contributed by atoms with E-state index in [9.17, 15) is 8.42 Å². The molecule has 1 aliphatic carbocycles. The van der Waals surface area contributed by atoms with E-state index in [0.29, 0.717) is 19.0 Å². The average molecular weight is 286 g/mol. The van der Waals surface area contributed by atoms with Crippen molar-refractivity contribution in [2.75, 3.05) is 13.1 Å². The first-order valence-electron chi connectivity index (χ1n) is 6.78. The second kappa shape index (κ2) is 6.02. The summed E-state index contributed by atoms with van der Waals surface area (Å²) in [4.78, 5) is 0. The molecule has 1 aliphatic rings. The molecule has 1 aromatic heterocycles. The highest BCUT2D eigenvalue weighted by atomic mass is 32.2. The molecule has 0 radical (unpaired) electrons. The number of aryl methyl sites for hydroxylation is 1. The number of aromatic amines is 1. The monoisotopic (exact) mass is 286 g/mol. The van der Waals surface area contributed by atoms with Gasteiger partial charge in [-0.3, -0.25) is 5.10 Å². The number of nitrogens with zero attached hydrogens (tertiary/aromatic N) is 1. The molecule has 19 heavy (non-hydrogen) atoms. The minimum atomic E-state index is -3.50. The molecule has 0 atom stereocenters. The van der Waals surface area contributed by atoms with Crippen LogP contribution in [0, 0.1) is 12.8 Å². The summed E-state index contributed by atoms with van der Waals surface area (Å²) in [7, 11) is -3.50. The highest BCUT2D eigenvalue weighted by Crippen LogP contribution is 2.26. The molecular weight excluding hydrogens is 264 g/mol. The molecule has 0 saturated heterocycles. The summed E-state index contributed by atoms with van der Waals surface area (Å²) in [6.45, 7) is 5.65. The Morgan fingerprint density at radius 1 is 1.42 bits per heavy atom. The number of rotatable bonds is 7. The van der Waals surface area contributed by atoms with Gasteiger partial charge in [0.1, 0.15) is 0 Å². The number of sulfonamides is 1. The van der Waals surface area contributed by atoms with E-state index in [-0.39, 0.29) is 5.03 Å². The van der Waals surface area contributed by atoms with Gasteiger partial charge in [0.2, 0.25) is 0 Å². The average Bonchev–Trinajstić information content (AvgIpc) is 2.66. The van der Waals surface area contributed by atoms with Crippen LogP contribution in [0.5, 0.6) is 0 Å². The van der Waals surface area contributed by atoms with Crippen LogP contribution in [0.4, 0.5) is 0 Å². The van der Waals surface area contributed by atoms with Crippen molar-refractivity contribution in [2.24, 2.45) is 5.92 Å². The Kier molecular flexibility index (Phi) is 4.59. The maximum absolute atomic E-state index is 12.3. The minimum Gasteiger partial charge on any atom is -0.313 e. The SMILES string of the molecule is CCNCc1c(S(=O)(=O)NCC2CCC2)n[nH]c1C. The first-order valence-corrected chi connectivity index (χ1v) is 8.27. The number of aromatic nitrogens is 2. The van der Waals surface area contributed by atoms with Gasteiger partial charge < -0.3 is 5.32 Å². The Labute approximate surface area is 114 Å². The topological polar surface area (TPSA) is 86.9 Å². The van der Waals surface area contributed by atoms with Gasteiger partial charge >= 0.3 is 0 Å². The van der Waals surface area contributed by atoms with Crippen LogP contribution in [0.15, 0.2) is 5.03 Å². The Morgan fingerprint density at radius 3 is 2.74 bits per heavy atom. The zero-order valence-electron chi connectivity index (χ0n) is 11.5. The lowest BCUT2D eigenvalue weighted by Crippen LogP contribution is -2.33. The summed E-state index contributed by atoms with van der Waals surface area (Å²) < 4.78 is 27.2. The molecule has 7 heteroatoms. The standard InChI is InChI=1S/C12H22N4O2S/c1-3-13-8-11-9(2)15-16-12(11)19(17,18)14-7-10-5-4-6-10/h10,13-14H,3-8H2,1-2H3,(H,15,16). The molecule has 108 valence electrons. The number of hydrogen-bond donors (Lipinski definition) is 3. The molecule has 6 nitrogen and oxygen atoms in total. The van der Waals surface area contributed by atoms with E-state index in [0.717, 1.165) is 30.6 Å². The number of hydrogen-bond acceptors (Lipinski definition) is 4. The molecule has 2 rings (SSSR count). The lowest BCUT2D eigenvalue weighted by Gasteiger charge is -2.25. The highest BCUT2D eigenvalue weighted by molar-refractivity contribution is 7.89. The van der Waals surface area contributed by atoms with Crippen molar-refractivity contribution in [2.45, 2.75) is 44.7 Å². The van der Waals surface area contributed by atoms with Gasteiger partial charge in [0.15, 0.2) is 5.03 Å². The minimum absolute atomic E-state index is 0.130. The van der Waals surface area contributed by atoms with Crippen LogP contribution in [0.2, 0.25) is 0 Å². The number of H-pyrrole nitrogens is 1. The normalized spacial score (nSPS) is 16.5. The predicted octanol–water partition coefficient (Wildman–Crippen LogP) is 0.906. The van der Waals surface area contributed by atoms with Gasteiger partial charge in [0, 0.05) is 24.3 Å². The Bertz CT molecular complexity index is 520. The highest BCUT2D eigenvalue weighted by Gasteiger charge is 2.26. The first kappa shape index (κ1) is 14.5. The molecule has 0 aliphatic heterocycles. The molecule has 0 amide bonds. The molecule has 0 spiro atoms. The molecule has 0 aromatic carbocycles. The third-order valence-corrected chi connectivity index (χ3v) is 5.02. The summed E-state index contributed by atoms with van der Waals surface area (Å²) in [5.74, 6) is 0.493. The van der Waals surface area contributed by atoms with Gasteiger partial charge in [-0.05, 0) is 32.2 Å². The maximum Gasteiger partial charge on any atom is 0.260 e. The third kappa shape index (κ3) is 3.34. The van der Waals surface area contributed by atoms with Crippen LogP contribution in [-0.2, 0) is 16.6 Å². The Morgan fingerprint density at radius 2 is 2.16 bits per heavy atom. The zero-order valence-corrected chi connectivity index (χ0v) is 12.3. The van der Waals surface area contributed by atoms with Crippen molar-refractivity contribution < 1.29 is 8.42 Å². The van der Waals surface area contributed by atoms with Crippen molar-refractivity contribution in [3.05, 3.63) is 11.3 Å². The van der Waals surface area contributed by atoms with Crippen molar-refractivity contribution >= 4 is 10.0 Å². The summed E-state index contributed by atoms with van der Waals surface area (Å²) >= 11 is 0. The summed E-state index contributed by atoms with van der Waals surface area (Å²) in [6, 6.07) is 0. The summed E-state index contributed by atoms with van der Waals surface area (Å²) in [5.41, 5.74) is 1.52. The molecule has 1 heterocycles. The molecule has 1 aromatic rings. The lowest BCUT2D eigenvalue weighted by molar-refractivity contribution is 0.316. The molecule has 1 fully saturated rings. The van der Waals surface area contributed by atoms with E-state index >= 15 is 0 Å². The smallest absolute Gasteiger partial charge is 0.260 e. The van der Waals surface area contributed by atoms with Crippen molar-refractivity contribution in [3.63, 3.8) is 0 Å². The molecule has 0 unspecified atom stereocenters. The maximum atomic E-state index is 12.3. The van der Waals surface area contributed by atoms with Gasteiger partial charge in [-0.25, -0.2) is 13.1 Å².